The van der Waals surface area contributed by atoms with Gasteiger partial charge in [-0.1, -0.05) is 32.9 Å². The quantitative estimate of drug-likeness (QED) is 0.829. The maximum atomic E-state index is 5.39. The van der Waals surface area contributed by atoms with E-state index in [1.165, 1.54) is 0 Å². The third-order valence-electron chi connectivity index (χ3n) is 2.95. The molecule has 0 saturated heterocycles. The molecular weight excluding hydrogens is 214 g/mol. The Morgan fingerprint density at radius 3 is 2.47 bits per heavy atom. The van der Waals surface area contributed by atoms with E-state index in [1.807, 2.05) is 7.05 Å². The lowest BCUT2D eigenvalue weighted by molar-refractivity contribution is 0.273. The molecule has 0 aliphatic rings. The van der Waals surface area contributed by atoms with Crippen LogP contribution in [-0.4, -0.2) is 23.2 Å². The zero-order valence-electron chi connectivity index (χ0n) is 11.9. The molecule has 98 valence electrons. The average Bonchev–Trinajstić information content (AvgIpc) is 2.64. The average molecular weight is 239 g/mol. The predicted molar refractivity (Wildman–Crippen MR) is 69.0 cm³/mol. The van der Waals surface area contributed by atoms with Crippen LogP contribution in [0.5, 0.6) is 0 Å². The molecule has 4 nitrogen and oxygen atoms in total. The number of nitrogens with zero attached hydrogens (tertiary/aromatic N) is 2. The molecule has 1 unspecified atom stereocenters. The van der Waals surface area contributed by atoms with Crippen molar-refractivity contribution >= 4 is 0 Å². The normalized spacial score (nSPS) is 14.3. The first-order valence-corrected chi connectivity index (χ1v) is 6.35. The third-order valence-corrected chi connectivity index (χ3v) is 2.95. The Morgan fingerprint density at radius 1 is 1.29 bits per heavy atom. The first kappa shape index (κ1) is 14.2. The molecule has 0 spiro atoms. The summed E-state index contributed by atoms with van der Waals surface area (Å²) in [5.41, 5.74) is -0.0394. The standard InChI is InChI=1S/C13H25N3O/c1-9(2)8-13(4,5)12-15-11(16-17-12)7-10(3)14-6/h9-10,14H,7-8H2,1-6H3. The Bertz CT molecular complexity index is 344. The number of nitrogens with one attached hydrogen (secondary N) is 1. The van der Waals surface area contributed by atoms with Gasteiger partial charge in [0.1, 0.15) is 0 Å². The van der Waals surface area contributed by atoms with E-state index in [0.29, 0.717) is 12.0 Å². The molecule has 0 aromatic carbocycles. The highest BCUT2D eigenvalue weighted by Gasteiger charge is 2.28. The van der Waals surface area contributed by atoms with E-state index < -0.39 is 0 Å². The number of hydrogen-bond donors (Lipinski definition) is 1. The topological polar surface area (TPSA) is 51.0 Å². The van der Waals surface area contributed by atoms with Crippen molar-refractivity contribution in [1.82, 2.24) is 15.5 Å². The van der Waals surface area contributed by atoms with Crippen molar-refractivity contribution < 1.29 is 4.52 Å². The summed E-state index contributed by atoms with van der Waals surface area (Å²) in [5, 5.41) is 7.22. The number of likely N-dealkylation sites (N-methyl/N-ethyl adjacent to an activating group) is 1. The molecule has 0 aliphatic heterocycles. The second-order valence-corrected chi connectivity index (χ2v) is 5.89. The van der Waals surface area contributed by atoms with Crippen LogP contribution < -0.4 is 5.32 Å². The number of hydrogen-bond acceptors (Lipinski definition) is 4. The molecule has 0 aliphatic carbocycles. The van der Waals surface area contributed by atoms with Crippen LogP contribution in [0.1, 0.15) is 52.8 Å². The molecule has 0 fully saturated rings. The fourth-order valence-corrected chi connectivity index (χ4v) is 2.10. The third kappa shape index (κ3) is 4.11. The summed E-state index contributed by atoms with van der Waals surface area (Å²) in [4.78, 5) is 4.51. The Morgan fingerprint density at radius 2 is 1.94 bits per heavy atom. The van der Waals surface area contributed by atoms with Crippen molar-refractivity contribution in [2.45, 2.75) is 58.9 Å². The number of rotatable bonds is 6. The molecule has 1 aromatic rings. The maximum Gasteiger partial charge on any atom is 0.232 e. The Kier molecular flexibility index (Phi) is 4.69. The SMILES string of the molecule is CNC(C)Cc1noc(C(C)(C)CC(C)C)n1. The Labute approximate surface area is 104 Å². The molecule has 0 amide bonds. The first-order chi connectivity index (χ1) is 7.85. The number of aromatic nitrogens is 2. The fourth-order valence-electron chi connectivity index (χ4n) is 2.10. The lowest BCUT2D eigenvalue weighted by atomic mass is 9.84. The molecule has 1 heterocycles. The summed E-state index contributed by atoms with van der Waals surface area (Å²) < 4.78 is 5.39. The molecule has 0 radical (unpaired) electrons. The van der Waals surface area contributed by atoms with E-state index in [1.54, 1.807) is 0 Å². The van der Waals surface area contributed by atoms with Crippen molar-refractivity contribution in [3.8, 4) is 0 Å². The summed E-state index contributed by atoms with van der Waals surface area (Å²) in [6.45, 7) is 10.8. The van der Waals surface area contributed by atoms with Crippen LogP contribution in [0.2, 0.25) is 0 Å². The van der Waals surface area contributed by atoms with Gasteiger partial charge in [-0.3, -0.25) is 0 Å². The molecule has 4 heteroatoms. The van der Waals surface area contributed by atoms with Crippen LogP contribution in [0.3, 0.4) is 0 Å². The molecule has 0 saturated carbocycles. The van der Waals surface area contributed by atoms with E-state index >= 15 is 0 Å². The first-order valence-electron chi connectivity index (χ1n) is 6.35. The van der Waals surface area contributed by atoms with Crippen molar-refractivity contribution in [1.29, 1.82) is 0 Å². The fraction of sp³-hybridized carbons (Fsp3) is 0.846. The smallest absolute Gasteiger partial charge is 0.232 e. The zero-order valence-corrected chi connectivity index (χ0v) is 11.9. The monoisotopic (exact) mass is 239 g/mol. The van der Waals surface area contributed by atoms with E-state index in [9.17, 15) is 0 Å². The van der Waals surface area contributed by atoms with Gasteiger partial charge >= 0.3 is 0 Å². The molecule has 1 rings (SSSR count). The second kappa shape index (κ2) is 5.63. The lowest BCUT2D eigenvalue weighted by Gasteiger charge is -2.21. The Hall–Kier alpha value is -0.900. The minimum absolute atomic E-state index is 0.0394. The highest BCUT2D eigenvalue weighted by molar-refractivity contribution is 5.01. The van der Waals surface area contributed by atoms with Gasteiger partial charge in [0.25, 0.3) is 0 Å². The zero-order chi connectivity index (χ0) is 13.1. The highest BCUT2D eigenvalue weighted by atomic mass is 16.5. The molecule has 1 atom stereocenters. The van der Waals surface area contributed by atoms with Gasteiger partial charge < -0.3 is 9.84 Å². The molecule has 1 aromatic heterocycles. The summed E-state index contributed by atoms with van der Waals surface area (Å²) in [7, 11) is 1.94. The van der Waals surface area contributed by atoms with Crippen LogP contribution in [-0.2, 0) is 11.8 Å². The minimum Gasteiger partial charge on any atom is -0.339 e. The summed E-state index contributed by atoms with van der Waals surface area (Å²) in [5.74, 6) is 2.17. The van der Waals surface area contributed by atoms with Gasteiger partial charge in [-0.05, 0) is 26.3 Å². The Balaban J connectivity index is 2.73. The lowest BCUT2D eigenvalue weighted by Crippen LogP contribution is -2.24. The summed E-state index contributed by atoms with van der Waals surface area (Å²) in [6, 6.07) is 0.369. The molecular formula is C13H25N3O. The van der Waals surface area contributed by atoms with Gasteiger partial charge in [0.05, 0.1) is 0 Å². The van der Waals surface area contributed by atoms with Gasteiger partial charge in [-0.15, -0.1) is 0 Å². The van der Waals surface area contributed by atoms with Gasteiger partial charge in [0.2, 0.25) is 5.89 Å². The van der Waals surface area contributed by atoms with Crippen LogP contribution in [0.15, 0.2) is 4.52 Å². The van der Waals surface area contributed by atoms with Crippen LogP contribution in [0.25, 0.3) is 0 Å². The van der Waals surface area contributed by atoms with E-state index in [0.717, 1.165) is 24.6 Å². The molecule has 17 heavy (non-hydrogen) atoms. The van der Waals surface area contributed by atoms with E-state index in [4.69, 9.17) is 4.52 Å². The van der Waals surface area contributed by atoms with Gasteiger partial charge in [0, 0.05) is 17.9 Å². The van der Waals surface area contributed by atoms with Crippen molar-refractivity contribution in [2.75, 3.05) is 7.05 Å². The van der Waals surface area contributed by atoms with Gasteiger partial charge in [-0.2, -0.15) is 4.98 Å². The van der Waals surface area contributed by atoms with Crippen LogP contribution in [0.4, 0.5) is 0 Å². The van der Waals surface area contributed by atoms with Gasteiger partial charge in [-0.25, -0.2) is 0 Å². The largest absolute Gasteiger partial charge is 0.339 e. The van der Waals surface area contributed by atoms with Crippen LogP contribution in [0, 0.1) is 5.92 Å². The molecule has 1 N–H and O–H groups in total. The van der Waals surface area contributed by atoms with Crippen LogP contribution >= 0.6 is 0 Å². The second-order valence-electron chi connectivity index (χ2n) is 5.89. The van der Waals surface area contributed by atoms with Crippen molar-refractivity contribution in [2.24, 2.45) is 5.92 Å². The minimum atomic E-state index is -0.0394. The molecule has 0 bridgehead atoms. The van der Waals surface area contributed by atoms with Gasteiger partial charge in [0.15, 0.2) is 5.82 Å². The van der Waals surface area contributed by atoms with E-state index in [2.05, 4.69) is 50.1 Å². The van der Waals surface area contributed by atoms with E-state index in [-0.39, 0.29) is 5.41 Å². The van der Waals surface area contributed by atoms with Crippen molar-refractivity contribution in [3.63, 3.8) is 0 Å². The van der Waals surface area contributed by atoms with Crippen molar-refractivity contribution in [3.05, 3.63) is 11.7 Å². The summed E-state index contributed by atoms with van der Waals surface area (Å²) in [6.07, 6.45) is 1.86. The highest BCUT2D eigenvalue weighted by Crippen LogP contribution is 2.29. The summed E-state index contributed by atoms with van der Waals surface area (Å²) >= 11 is 0. The predicted octanol–water partition coefficient (Wildman–Crippen LogP) is 2.54. The maximum absolute atomic E-state index is 5.39.